The number of hydrogen-bond acceptors (Lipinski definition) is 5. The van der Waals surface area contributed by atoms with Gasteiger partial charge in [-0.2, -0.15) is 0 Å². The van der Waals surface area contributed by atoms with Gasteiger partial charge in [-0.3, -0.25) is 9.69 Å². The van der Waals surface area contributed by atoms with Crippen molar-refractivity contribution in [1.82, 2.24) is 10.2 Å². The predicted molar refractivity (Wildman–Crippen MR) is 124 cm³/mol. The topological polar surface area (TPSA) is 116 Å². The molecule has 8 heteroatoms. The minimum Gasteiger partial charge on any atom is -0.494 e. The molecular formula is C25H32N2O6. The third-order valence-electron chi connectivity index (χ3n) is 5.34. The highest BCUT2D eigenvalue weighted by Gasteiger charge is 2.24. The van der Waals surface area contributed by atoms with Crippen LogP contribution in [-0.2, 0) is 27.3 Å². The first-order chi connectivity index (χ1) is 15.9. The van der Waals surface area contributed by atoms with Gasteiger partial charge in [0.15, 0.2) is 0 Å². The molecule has 1 fully saturated rings. The maximum atomic E-state index is 12.4. The van der Waals surface area contributed by atoms with Crippen LogP contribution in [0.5, 0.6) is 5.75 Å². The average molecular weight is 457 g/mol. The Morgan fingerprint density at radius 3 is 2.09 bits per heavy atom. The quantitative estimate of drug-likeness (QED) is 0.523. The van der Waals surface area contributed by atoms with E-state index in [1.165, 1.54) is 11.1 Å². The normalized spacial score (nSPS) is 14.0. The highest BCUT2D eigenvalue weighted by atomic mass is 16.5. The van der Waals surface area contributed by atoms with E-state index >= 15 is 0 Å². The number of amides is 1. The maximum absolute atomic E-state index is 12.4. The fraction of sp³-hybridized carbons (Fsp3) is 0.400. The molecule has 33 heavy (non-hydrogen) atoms. The lowest BCUT2D eigenvalue weighted by molar-refractivity contribution is -0.159. The highest BCUT2D eigenvalue weighted by molar-refractivity contribution is 6.27. The van der Waals surface area contributed by atoms with Gasteiger partial charge in [-0.15, -0.1) is 0 Å². The number of piperidine rings is 1. The Balaban J connectivity index is 0.000000569. The molecule has 178 valence electrons. The number of benzene rings is 2. The molecule has 0 spiro atoms. The number of nitrogens with zero attached hydrogens (tertiary/aromatic N) is 1. The minimum absolute atomic E-state index is 0.150. The molecule has 1 aliphatic heterocycles. The van der Waals surface area contributed by atoms with Crippen molar-refractivity contribution in [2.45, 2.75) is 32.7 Å². The van der Waals surface area contributed by atoms with Crippen LogP contribution in [0, 0.1) is 5.92 Å². The third-order valence-corrected chi connectivity index (χ3v) is 5.34. The van der Waals surface area contributed by atoms with E-state index in [-0.39, 0.29) is 11.8 Å². The molecule has 2 aromatic rings. The van der Waals surface area contributed by atoms with Crippen LogP contribution in [0.1, 0.15) is 30.9 Å². The molecule has 0 aromatic heterocycles. The van der Waals surface area contributed by atoms with Crippen molar-refractivity contribution in [3.63, 3.8) is 0 Å². The Bertz CT molecular complexity index is 866. The molecule has 0 unspecified atom stereocenters. The van der Waals surface area contributed by atoms with Crippen LogP contribution >= 0.6 is 0 Å². The summed E-state index contributed by atoms with van der Waals surface area (Å²) in [6.45, 7) is 6.30. The molecule has 1 aliphatic rings. The van der Waals surface area contributed by atoms with Crippen molar-refractivity contribution < 1.29 is 29.3 Å². The van der Waals surface area contributed by atoms with Gasteiger partial charge in [-0.05, 0) is 62.5 Å². The van der Waals surface area contributed by atoms with Gasteiger partial charge in [0.05, 0.1) is 6.61 Å². The number of hydrogen-bond donors (Lipinski definition) is 3. The maximum Gasteiger partial charge on any atom is 0.414 e. The Hall–Kier alpha value is -3.39. The van der Waals surface area contributed by atoms with Crippen molar-refractivity contribution in [2.24, 2.45) is 5.92 Å². The molecule has 0 saturated carbocycles. The summed E-state index contributed by atoms with van der Waals surface area (Å²) in [4.78, 5) is 33.0. The third kappa shape index (κ3) is 9.74. The number of aliphatic carboxylic acids is 2. The van der Waals surface area contributed by atoms with Crippen LogP contribution in [0.25, 0.3) is 0 Å². The summed E-state index contributed by atoms with van der Waals surface area (Å²) in [6, 6.07) is 18.6. The second-order valence-corrected chi connectivity index (χ2v) is 7.76. The van der Waals surface area contributed by atoms with E-state index in [1.54, 1.807) is 0 Å². The summed E-state index contributed by atoms with van der Waals surface area (Å²) < 4.78 is 5.49. The molecule has 8 nitrogen and oxygen atoms in total. The van der Waals surface area contributed by atoms with E-state index in [1.807, 2.05) is 37.3 Å². The number of rotatable bonds is 8. The molecule has 0 bridgehead atoms. The zero-order chi connectivity index (χ0) is 24.1. The summed E-state index contributed by atoms with van der Waals surface area (Å²) in [6.07, 6.45) is 2.77. The molecular weight excluding hydrogens is 424 g/mol. The van der Waals surface area contributed by atoms with Crippen molar-refractivity contribution >= 4 is 17.8 Å². The zero-order valence-corrected chi connectivity index (χ0v) is 18.9. The number of carboxylic acids is 2. The second kappa shape index (κ2) is 13.9. The van der Waals surface area contributed by atoms with E-state index in [2.05, 4.69) is 34.5 Å². The van der Waals surface area contributed by atoms with Crippen molar-refractivity contribution in [3.8, 4) is 5.75 Å². The Morgan fingerprint density at radius 2 is 1.55 bits per heavy atom. The monoisotopic (exact) mass is 456 g/mol. The molecule has 3 N–H and O–H groups in total. The van der Waals surface area contributed by atoms with Gasteiger partial charge in [0.1, 0.15) is 5.75 Å². The number of ether oxygens (including phenoxy) is 1. The largest absolute Gasteiger partial charge is 0.494 e. The predicted octanol–water partition coefficient (Wildman–Crippen LogP) is 2.81. The number of carboxylic acid groups (broad SMARTS) is 2. The minimum atomic E-state index is -1.82. The molecule has 1 amide bonds. The van der Waals surface area contributed by atoms with Gasteiger partial charge < -0.3 is 20.3 Å². The van der Waals surface area contributed by atoms with Crippen LogP contribution in [0.4, 0.5) is 0 Å². The van der Waals surface area contributed by atoms with Crippen molar-refractivity contribution in [3.05, 3.63) is 65.7 Å². The standard InChI is InChI=1S/C23H30N2O2.C2H2O4/c1-2-27-22-10-8-20(9-11-22)18-25-16-13-21(14-17-25)23(26)24-15-12-19-6-4-3-5-7-19;3-1(4)2(5)6/h3-11,21H,2,12-18H2,1H3,(H,24,26);(H,3,4)(H,5,6). The zero-order valence-electron chi connectivity index (χ0n) is 18.9. The smallest absolute Gasteiger partial charge is 0.414 e. The van der Waals surface area contributed by atoms with Gasteiger partial charge in [-0.25, -0.2) is 9.59 Å². The molecule has 2 aromatic carbocycles. The first-order valence-electron chi connectivity index (χ1n) is 11.1. The number of likely N-dealkylation sites (tertiary alicyclic amines) is 1. The number of carbonyl (C=O) groups is 3. The summed E-state index contributed by atoms with van der Waals surface area (Å²) in [5.74, 6) is -2.36. The van der Waals surface area contributed by atoms with Crippen LogP contribution < -0.4 is 10.1 Å². The van der Waals surface area contributed by atoms with Crippen molar-refractivity contribution in [2.75, 3.05) is 26.2 Å². The molecule has 3 rings (SSSR count). The Kier molecular flexibility index (Phi) is 10.9. The van der Waals surface area contributed by atoms with E-state index in [0.717, 1.165) is 51.2 Å². The summed E-state index contributed by atoms with van der Waals surface area (Å²) >= 11 is 0. The van der Waals surface area contributed by atoms with E-state index in [9.17, 15) is 4.79 Å². The lowest BCUT2D eigenvalue weighted by Crippen LogP contribution is -2.40. The van der Waals surface area contributed by atoms with Gasteiger partial charge in [0, 0.05) is 19.0 Å². The second-order valence-electron chi connectivity index (χ2n) is 7.76. The van der Waals surface area contributed by atoms with E-state index in [0.29, 0.717) is 6.61 Å². The molecule has 0 atom stereocenters. The summed E-state index contributed by atoms with van der Waals surface area (Å²) in [5.41, 5.74) is 2.56. The van der Waals surface area contributed by atoms with Crippen molar-refractivity contribution in [1.29, 1.82) is 0 Å². The molecule has 1 heterocycles. The van der Waals surface area contributed by atoms with Crippen LogP contribution in [0.15, 0.2) is 54.6 Å². The number of nitrogens with one attached hydrogen (secondary N) is 1. The molecule has 0 aliphatic carbocycles. The van der Waals surface area contributed by atoms with Crippen LogP contribution in [0.2, 0.25) is 0 Å². The fourth-order valence-electron chi connectivity index (χ4n) is 3.59. The van der Waals surface area contributed by atoms with Gasteiger partial charge in [-0.1, -0.05) is 42.5 Å². The SMILES string of the molecule is CCOc1ccc(CN2CCC(C(=O)NCCc3ccccc3)CC2)cc1.O=C(O)C(=O)O. The number of carbonyl (C=O) groups excluding carboxylic acids is 1. The summed E-state index contributed by atoms with van der Waals surface area (Å²) in [5, 5.41) is 17.9. The Morgan fingerprint density at radius 1 is 0.939 bits per heavy atom. The first kappa shape index (κ1) is 25.9. The lowest BCUT2D eigenvalue weighted by Gasteiger charge is -2.31. The lowest BCUT2D eigenvalue weighted by atomic mass is 9.95. The van der Waals surface area contributed by atoms with Gasteiger partial charge in [0.2, 0.25) is 5.91 Å². The average Bonchev–Trinajstić information content (AvgIpc) is 2.82. The Labute approximate surface area is 194 Å². The fourth-order valence-corrected chi connectivity index (χ4v) is 3.59. The van der Waals surface area contributed by atoms with E-state index in [4.69, 9.17) is 24.5 Å². The highest BCUT2D eigenvalue weighted by Crippen LogP contribution is 2.20. The van der Waals surface area contributed by atoms with Crippen LogP contribution in [0.3, 0.4) is 0 Å². The first-order valence-corrected chi connectivity index (χ1v) is 11.1. The summed E-state index contributed by atoms with van der Waals surface area (Å²) in [7, 11) is 0. The van der Waals surface area contributed by atoms with Gasteiger partial charge in [0.25, 0.3) is 0 Å². The molecule has 1 saturated heterocycles. The van der Waals surface area contributed by atoms with E-state index < -0.39 is 11.9 Å². The van der Waals surface area contributed by atoms with Crippen LogP contribution in [-0.4, -0.2) is 59.2 Å². The molecule has 0 radical (unpaired) electrons. The van der Waals surface area contributed by atoms with Gasteiger partial charge >= 0.3 is 11.9 Å².